The van der Waals surface area contributed by atoms with Gasteiger partial charge in [-0.15, -0.1) is 11.8 Å². The SMILES string of the molecule is COc1ccc([N+](=O)[O-])cc1OCC(=O)c1ccc(NC(C)=O)c(SC)c1. The van der Waals surface area contributed by atoms with Crippen LogP contribution in [-0.2, 0) is 4.79 Å². The van der Waals surface area contributed by atoms with Crippen molar-refractivity contribution in [1.29, 1.82) is 0 Å². The molecule has 1 N–H and O–H groups in total. The number of methoxy groups -OCH3 is 1. The summed E-state index contributed by atoms with van der Waals surface area (Å²) in [6, 6.07) is 8.80. The van der Waals surface area contributed by atoms with Gasteiger partial charge in [0.1, 0.15) is 0 Å². The summed E-state index contributed by atoms with van der Waals surface area (Å²) in [7, 11) is 1.40. The molecule has 0 heterocycles. The molecule has 0 spiro atoms. The van der Waals surface area contributed by atoms with Crippen LogP contribution in [0.25, 0.3) is 0 Å². The molecule has 0 aliphatic carbocycles. The van der Waals surface area contributed by atoms with Gasteiger partial charge in [0.25, 0.3) is 5.69 Å². The molecule has 0 bridgehead atoms. The van der Waals surface area contributed by atoms with E-state index in [0.717, 1.165) is 4.90 Å². The molecule has 0 aromatic heterocycles. The molecule has 27 heavy (non-hydrogen) atoms. The van der Waals surface area contributed by atoms with Gasteiger partial charge in [-0.05, 0) is 30.5 Å². The number of thioether (sulfide) groups is 1. The molecule has 0 aliphatic rings. The third kappa shape index (κ3) is 5.20. The number of hydrogen-bond donors (Lipinski definition) is 1. The summed E-state index contributed by atoms with van der Waals surface area (Å²) >= 11 is 1.39. The molecule has 0 saturated carbocycles. The van der Waals surface area contributed by atoms with Crippen molar-refractivity contribution >= 4 is 34.8 Å². The van der Waals surface area contributed by atoms with Gasteiger partial charge in [0.15, 0.2) is 23.9 Å². The number of carbonyl (C=O) groups is 2. The van der Waals surface area contributed by atoms with Gasteiger partial charge in [-0.3, -0.25) is 19.7 Å². The van der Waals surface area contributed by atoms with Crippen molar-refractivity contribution in [3.8, 4) is 11.5 Å². The number of anilines is 1. The molecule has 0 radical (unpaired) electrons. The first-order chi connectivity index (χ1) is 12.8. The van der Waals surface area contributed by atoms with Gasteiger partial charge in [0.2, 0.25) is 5.91 Å². The van der Waals surface area contributed by atoms with Crippen molar-refractivity contribution in [2.75, 3.05) is 25.3 Å². The Morgan fingerprint density at radius 3 is 2.52 bits per heavy atom. The van der Waals surface area contributed by atoms with Crippen LogP contribution >= 0.6 is 11.8 Å². The first-order valence-electron chi connectivity index (χ1n) is 7.79. The molecule has 2 aromatic rings. The second kappa shape index (κ2) is 9.04. The molecule has 9 heteroatoms. The number of nitro benzene ring substituents is 1. The van der Waals surface area contributed by atoms with Gasteiger partial charge < -0.3 is 14.8 Å². The lowest BCUT2D eigenvalue weighted by atomic mass is 10.1. The highest BCUT2D eigenvalue weighted by atomic mass is 32.2. The van der Waals surface area contributed by atoms with Crippen LogP contribution < -0.4 is 14.8 Å². The van der Waals surface area contributed by atoms with Crippen LogP contribution in [0.2, 0.25) is 0 Å². The summed E-state index contributed by atoms with van der Waals surface area (Å²) < 4.78 is 10.6. The molecule has 0 saturated heterocycles. The number of Topliss-reactive ketones (excluding diaryl/α,β-unsaturated/α-hetero) is 1. The van der Waals surface area contributed by atoms with Gasteiger partial charge in [0, 0.05) is 23.4 Å². The maximum Gasteiger partial charge on any atom is 0.273 e. The minimum absolute atomic E-state index is 0.111. The van der Waals surface area contributed by atoms with Gasteiger partial charge in [0.05, 0.1) is 23.8 Å². The highest BCUT2D eigenvalue weighted by molar-refractivity contribution is 7.98. The monoisotopic (exact) mass is 390 g/mol. The zero-order valence-corrected chi connectivity index (χ0v) is 15.8. The van der Waals surface area contributed by atoms with Crippen molar-refractivity contribution < 1.29 is 24.0 Å². The summed E-state index contributed by atoms with van der Waals surface area (Å²) in [5.74, 6) is -0.113. The summed E-state index contributed by atoms with van der Waals surface area (Å²) in [6.45, 7) is 1.09. The van der Waals surface area contributed by atoms with E-state index in [-0.39, 0.29) is 29.7 Å². The van der Waals surface area contributed by atoms with Crippen molar-refractivity contribution in [1.82, 2.24) is 0 Å². The first-order valence-corrected chi connectivity index (χ1v) is 9.02. The quantitative estimate of drug-likeness (QED) is 0.318. The van der Waals surface area contributed by atoms with Crippen molar-refractivity contribution in [3.63, 3.8) is 0 Å². The lowest BCUT2D eigenvalue weighted by molar-refractivity contribution is -0.385. The lowest BCUT2D eigenvalue weighted by Gasteiger charge is -2.12. The average Bonchev–Trinajstić information content (AvgIpc) is 2.65. The Bertz CT molecular complexity index is 884. The van der Waals surface area contributed by atoms with Crippen LogP contribution in [0.15, 0.2) is 41.3 Å². The van der Waals surface area contributed by atoms with Gasteiger partial charge in [-0.2, -0.15) is 0 Å². The van der Waals surface area contributed by atoms with E-state index in [2.05, 4.69) is 5.32 Å². The molecule has 0 fully saturated rings. The standard InChI is InChI=1S/C18H18N2O6S/c1-11(21)19-14-6-4-12(8-18(14)27-3)15(22)10-26-17-9-13(20(23)24)5-7-16(17)25-2/h4-9H,10H2,1-3H3,(H,19,21). The minimum atomic E-state index is -0.556. The number of benzene rings is 2. The zero-order chi connectivity index (χ0) is 20.0. The number of rotatable bonds is 8. The maximum absolute atomic E-state index is 12.4. The van der Waals surface area contributed by atoms with Crippen LogP contribution in [0.1, 0.15) is 17.3 Å². The Hall–Kier alpha value is -3.07. The number of nitrogens with one attached hydrogen (secondary N) is 1. The van der Waals surface area contributed by atoms with Crippen LogP contribution in [0.3, 0.4) is 0 Å². The van der Waals surface area contributed by atoms with E-state index in [1.807, 2.05) is 6.26 Å². The normalized spacial score (nSPS) is 10.2. The van der Waals surface area contributed by atoms with Crippen LogP contribution in [-0.4, -0.2) is 36.6 Å². The molecule has 2 aromatic carbocycles. The van der Waals surface area contributed by atoms with E-state index < -0.39 is 4.92 Å². The first kappa shape index (κ1) is 20.2. The molecular formula is C18H18N2O6S. The largest absolute Gasteiger partial charge is 0.493 e. The van der Waals surface area contributed by atoms with E-state index in [9.17, 15) is 19.7 Å². The number of ether oxygens (including phenoxy) is 2. The number of carbonyl (C=O) groups excluding carboxylic acids is 2. The summed E-state index contributed by atoms with van der Waals surface area (Å²) in [5.41, 5.74) is 0.855. The van der Waals surface area contributed by atoms with E-state index >= 15 is 0 Å². The lowest BCUT2D eigenvalue weighted by Crippen LogP contribution is -2.13. The fraction of sp³-hybridized carbons (Fsp3) is 0.222. The Kier molecular flexibility index (Phi) is 6.78. The summed E-state index contributed by atoms with van der Waals surface area (Å²) in [6.07, 6.45) is 1.83. The minimum Gasteiger partial charge on any atom is -0.493 e. The third-order valence-electron chi connectivity index (χ3n) is 3.55. The average molecular weight is 390 g/mol. The molecule has 1 amide bonds. The Labute approximate surface area is 160 Å². The number of amides is 1. The maximum atomic E-state index is 12.4. The number of non-ortho nitro benzene ring substituents is 1. The topological polar surface area (TPSA) is 108 Å². The summed E-state index contributed by atoms with van der Waals surface area (Å²) in [5, 5.41) is 13.6. The van der Waals surface area contributed by atoms with Crippen molar-refractivity contribution in [2.45, 2.75) is 11.8 Å². The third-order valence-corrected chi connectivity index (χ3v) is 4.33. The van der Waals surface area contributed by atoms with Gasteiger partial charge >= 0.3 is 0 Å². The number of hydrogen-bond acceptors (Lipinski definition) is 7. The molecule has 8 nitrogen and oxygen atoms in total. The number of ketones is 1. The molecule has 0 atom stereocenters. The van der Waals surface area contributed by atoms with Crippen LogP contribution in [0.5, 0.6) is 11.5 Å². The Morgan fingerprint density at radius 1 is 1.19 bits per heavy atom. The van der Waals surface area contributed by atoms with E-state index in [1.165, 1.54) is 44.0 Å². The van der Waals surface area contributed by atoms with Crippen molar-refractivity contribution in [3.05, 3.63) is 52.1 Å². The zero-order valence-electron chi connectivity index (χ0n) is 15.0. The highest BCUT2D eigenvalue weighted by Crippen LogP contribution is 2.31. The van der Waals surface area contributed by atoms with E-state index in [4.69, 9.17) is 9.47 Å². The number of nitro groups is 1. The highest BCUT2D eigenvalue weighted by Gasteiger charge is 2.15. The van der Waals surface area contributed by atoms with E-state index in [0.29, 0.717) is 17.0 Å². The fourth-order valence-corrected chi connectivity index (χ4v) is 2.86. The molecule has 2 rings (SSSR count). The molecule has 142 valence electrons. The number of nitrogens with zero attached hydrogens (tertiary/aromatic N) is 1. The van der Waals surface area contributed by atoms with Crippen LogP contribution in [0, 0.1) is 10.1 Å². The Morgan fingerprint density at radius 2 is 1.93 bits per heavy atom. The van der Waals surface area contributed by atoms with E-state index in [1.54, 1.807) is 18.2 Å². The predicted molar refractivity (Wildman–Crippen MR) is 102 cm³/mol. The molecule has 0 aliphatic heterocycles. The van der Waals surface area contributed by atoms with Crippen molar-refractivity contribution in [2.24, 2.45) is 0 Å². The van der Waals surface area contributed by atoms with Gasteiger partial charge in [-0.1, -0.05) is 0 Å². The second-order valence-electron chi connectivity index (χ2n) is 5.40. The van der Waals surface area contributed by atoms with Gasteiger partial charge in [-0.25, -0.2) is 0 Å². The predicted octanol–water partition coefficient (Wildman–Crippen LogP) is 3.55. The Balaban J connectivity index is 2.17. The second-order valence-corrected chi connectivity index (χ2v) is 6.25. The summed E-state index contributed by atoms with van der Waals surface area (Å²) in [4.78, 5) is 34.8. The van der Waals surface area contributed by atoms with Crippen LogP contribution in [0.4, 0.5) is 11.4 Å². The molecular weight excluding hydrogens is 372 g/mol. The molecule has 0 unspecified atom stereocenters. The smallest absolute Gasteiger partial charge is 0.273 e. The fourth-order valence-electron chi connectivity index (χ4n) is 2.28.